The highest BCUT2D eigenvalue weighted by molar-refractivity contribution is 5.94. The van der Waals surface area contributed by atoms with Gasteiger partial charge in [0.15, 0.2) is 11.6 Å². The van der Waals surface area contributed by atoms with E-state index in [0.717, 1.165) is 5.56 Å². The van der Waals surface area contributed by atoms with Crippen molar-refractivity contribution in [1.29, 1.82) is 0 Å². The Hall–Kier alpha value is -3.09. The van der Waals surface area contributed by atoms with Crippen molar-refractivity contribution in [3.8, 4) is 0 Å². The summed E-state index contributed by atoms with van der Waals surface area (Å²) in [5.41, 5.74) is 7.74. The third-order valence-corrected chi connectivity index (χ3v) is 4.40. The van der Waals surface area contributed by atoms with E-state index in [4.69, 9.17) is 5.73 Å². The van der Waals surface area contributed by atoms with Crippen LogP contribution in [0.3, 0.4) is 0 Å². The number of anilines is 3. The predicted molar refractivity (Wildman–Crippen MR) is 96.9 cm³/mol. The SMILES string of the molecule is C=C1Nc2c(N)nc(C(=O)NCC3CC3)nc2N1Cc1ccccc1. The molecule has 1 aromatic heterocycles. The van der Waals surface area contributed by atoms with Crippen molar-refractivity contribution < 1.29 is 4.79 Å². The van der Waals surface area contributed by atoms with Crippen LogP contribution in [0.4, 0.5) is 17.3 Å². The number of aromatic nitrogens is 2. The molecule has 1 aliphatic carbocycles. The molecule has 128 valence electrons. The lowest BCUT2D eigenvalue weighted by molar-refractivity contribution is 0.0941. The highest BCUT2D eigenvalue weighted by atomic mass is 16.2. The van der Waals surface area contributed by atoms with Gasteiger partial charge < -0.3 is 21.3 Å². The third kappa shape index (κ3) is 3.13. The molecular weight excluding hydrogens is 316 g/mol. The number of nitrogen functional groups attached to an aromatic ring is 1. The van der Waals surface area contributed by atoms with Gasteiger partial charge in [0.2, 0.25) is 5.82 Å². The standard InChI is InChI=1S/C18H20N6O/c1-11-21-14-15(19)22-16(18(25)20-9-12-7-8-12)23-17(14)24(11)10-13-5-3-2-4-6-13/h2-6,12,21H,1,7-10H2,(H,20,25)(H2,19,22,23). The number of hydrogen-bond acceptors (Lipinski definition) is 6. The second kappa shape index (κ2) is 6.08. The Morgan fingerprint density at radius 1 is 1.32 bits per heavy atom. The van der Waals surface area contributed by atoms with Crippen molar-refractivity contribution in [2.75, 3.05) is 22.5 Å². The van der Waals surface area contributed by atoms with Gasteiger partial charge in [-0.3, -0.25) is 4.79 Å². The van der Waals surface area contributed by atoms with E-state index in [1.807, 2.05) is 35.2 Å². The highest BCUT2D eigenvalue weighted by Gasteiger charge is 2.29. The van der Waals surface area contributed by atoms with Crippen molar-refractivity contribution in [3.05, 3.63) is 54.1 Å². The summed E-state index contributed by atoms with van der Waals surface area (Å²) in [6.45, 7) is 5.27. The summed E-state index contributed by atoms with van der Waals surface area (Å²) in [5.74, 6) is 1.88. The second-order valence-electron chi connectivity index (χ2n) is 6.43. The minimum Gasteiger partial charge on any atom is -0.382 e. The van der Waals surface area contributed by atoms with Gasteiger partial charge in [-0.15, -0.1) is 0 Å². The molecule has 0 atom stereocenters. The number of nitrogens with one attached hydrogen (secondary N) is 2. The molecule has 1 aromatic carbocycles. The molecule has 4 N–H and O–H groups in total. The van der Waals surface area contributed by atoms with Crippen molar-refractivity contribution >= 4 is 23.2 Å². The summed E-state index contributed by atoms with van der Waals surface area (Å²) >= 11 is 0. The molecule has 0 unspecified atom stereocenters. The van der Waals surface area contributed by atoms with Crippen LogP contribution in [0.15, 0.2) is 42.7 Å². The van der Waals surface area contributed by atoms with Crippen molar-refractivity contribution in [2.45, 2.75) is 19.4 Å². The number of hydrogen-bond donors (Lipinski definition) is 3. The van der Waals surface area contributed by atoms with E-state index < -0.39 is 0 Å². The smallest absolute Gasteiger partial charge is 0.289 e. The Morgan fingerprint density at radius 3 is 2.80 bits per heavy atom. The van der Waals surface area contributed by atoms with Crippen LogP contribution in [-0.2, 0) is 6.54 Å². The fourth-order valence-corrected chi connectivity index (χ4v) is 2.80. The lowest BCUT2D eigenvalue weighted by Gasteiger charge is -2.18. The second-order valence-corrected chi connectivity index (χ2v) is 6.43. The van der Waals surface area contributed by atoms with Crippen LogP contribution >= 0.6 is 0 Å². The molecule has 7 nitrogen and oxygen atoms in total. The zero-order chi connectivity index (χ0) is 17.4. The number of carbonyl (C=O) groups is 1. The molecule has 0 spiro atoms. The summed E-state index contributed by atoms with van der Waals surface area (Å²) in [6.07, 6.45) is 2.34. The van der Waals surface area contributed by atoms with Gasteiger partial charge >= 0.3 is 0 Å². The van der Waals surface area contributed by atoms with Crippen LogP contribution < -0.4 is 21.3 Å². The first-order valence-electron chi connectivity index (χ1n) is 8.35. The van der Waals surface area contributed by atoms with E-state index >= 15 is 0 Å². The lowest BCUT2D eigenvalue weighted by Crippen LogP contribution is -2.28. The number of amides is 1. The van der Waals surface area contributed by atoms with Crippen LogP contribution in [-0.4, -0.2) is 22.4 Å². The quantitative estimate of drug-likeness (QED) is 0.774. The summed E-state index contributed by atoms with van der Waals surface area (Å²) in [5, 5.41) is 5.99. The molecule has 2 aromatic rings. The molecular formula is C18H20N6O. The Balaban J connectivity index is 1.61. The van der Waals surface area contributed by atoms with Crippen molar-refractivity contribution in [3.63, 3.8) is 0 Å². The van der Waals surface area contributed by atoms with E-state index in [1.165, 1.54) is 12.8 Å². The van der Waals surface area contributed by atoms with Gasteiger partial charge in [-0.25, -0.2) is 9.97 Å². The number of fused-ring (bicyclic) bond motifs is 1. The molecule has 1 aliphatic heterocycles. The average Bonchev–Trinajstić information content (AvgIpc) is 3.39. The minimum atomic E-state index is -0.293. The first kappa shape index (κ1) is 15.4. The van der Waals surface area contributed by atoms with Gasteiger partial charge in [-0.1, -0.05) is 36.9 Å². The summed E-state index contributed by atoms with van der Waals surface area (Å²) in [4.78, 5) is 22.8. The molecule has 4 rings (SSSR count). The third-order valence-electron chi connectivity index (χ3n) is 4.40. The maximum Gasteiger partial charge on any atom is 0.289 e. The number of nitrogens with two attached hydrogens (primary N) is 1. The summed E-state index contributed by atoms with van der Waals surface area (Å²) in [6, 6.07) is 9.98. The first-order chi connectivity index (χ1) is 12.1. The van der Waals surface area contributed by atoms with Crippen LogP contribution in [0.5, 0.6) is 0 Å². The largest absolute Gasteiger partial charge is 0.382 e. The molecule has 1 saturated carbocycles. The lowest BCUT2D eigenvalue weighted by atomic mass is 10.2. The average molecular weight is 336 g/mol. The molecule has 2 aliphatic rings. The molecule has 0 bridgehead atoms. The molecule has 0 saturated heterocycles. The van der Waals surface area contributed by atoms with Gasteiger partial charge in [-0.2, -0.15) is 0 Å². The summed E-state index contributed by atoms with van der Waals surface area (Å²) in [7, 11) is 0. The van der Waals surface area contributed by atoms with Gasteiger partial charge in [0.05, 0.1) is 6.54 Å². The maximum atomic E-state index is 12.3. The molecule has 1 fully saturated rings. The van der Waals surface area contributed by atoms with Crippen LogP contribution in [0, 0.1) is 5.92 Å². The monoisotopic (exact) mass is 336 g/mol. The van der Waals surface area contributed by atoms with E-state index in [2.05, 4.69) is 27.2 Å². The van der Waals surface area contributed by atoms with Gasteiger partial charge in [0.25, 0.3) is 5.91 Å². The van der Waals surface area contributed by atoms with Gasteiger partial charge in [0, 0.05) is 6.54 Å². The van der Waals surface area contributed by atoms with E-state index in [0.29, 0.717) is 36.3 Å². The first-order valence-corrected chi connectivity index (χ1v) is 8.35. The van der Waals surface area contributed by atoms with Gasteiger partial charge in [0.1, 0.15) is 11.5 Å². The van der Waals surface area contributed by atoms with E-state index in [-0.39, 0.29) is 17.5 Å². The molecule has 0 radical (unpaired) electrons. The van der Waals surface area contributed by atoms with E-state index in [9.17, 15) is 4.79 Å². The summed E-state index contributed by atoms with van der Waals surface area (Å²) < 4.78 is 0. The van der Waals surface area contributed by atoms with Crippen LogP contribution in [0.1, 0.15) is 29.0 Å². The minimum absolute atomic E-state index is 0.0893. The Morgan fingerprint density at radius 2 is 2.08 bits per heavy atom. The molecule has 25 heavy (non-hydrogen) atoms. The number of nitrogens with zero attached hydrogens (tertiary/aromatic N) is 3. The Bertz CT molecular complexity index is 831. The van der Waals surface area contributed by atoms with Crippen molar-refractivity contribution in [1.82, 2.24) is 15.3 Å². The van der Waals surface area contributed by atoms with Gasteiger partial charge in [-0.05, 0) is 24.3 Å². The molecule has 2 heterocycles. The number of carbonyl (C=O) groups excluding carboxylic acids is 1. The van der Waals surface area contributed by atoms with E-state index in [1.54, 1.807) is 0 Å². The normalized spacial score (nSPS) is 15.7. The Kier molecular flexibility index (Phi) is 3.76. The fourth-order valence-electron chi connectivity index (χ4n) is 2.80. The zero-order valence-electron chi connectivity index (χ0n) is 13.8. The molecule has 1 amide bonds. The predicted octanol–water partition coefficient (Wildman–Crippen LogP) is 2.10. The van der Waals surface area contributed by atoms with Crippen molar-refractivity contribution in [2.24, 2.45) is 5.92 Å². The highest BCUT2D eigenvalue weighted by Crippen LogP contribution is 2.38. The number of rotatable bonds is 5. The topological polar surface area (TPSA) is 96.2 Å². The number of benzene rings is 1. The maximum absolute atomic E-state index is 12.3. The van der Waals surface area contributed by atoms with Crippen LogP contribution in [0.2, 0.25) is 0 Å². The fraction of sp³-hybridized carbons (Fsp3) is 0.278. The Labute approximate surface area is 146 Å². The molecule has 7 heteroatoms. The van der Waals surface area contributed by atoms with Crippen LogP contribution in [0.25, 0.3) is 0 Å². The zero-order valence-corrected chi connectivity index (χ0v) is 13.8.